The van der Waals surface area contributed by atoms with Crippen molar-refractivity contribution in [3.8, 4) is 5.75 Å². The van der Waals surface area contributed by atoms with Crippen molar-refractivity contribution < 1.29 is 4.74 Å². The molecule has 17 heavy (non-hydrogen) atoms. The molecule has 1 aromatic heterocycles. The summed E-state index contributed by atoms with van der Waals surface area (Å²) in [5, 5.41) is 1.70. The van der Waals surface area contributed by atoms with Crippen LogP contribution in [0.3, 0.4) is 0 Å². The van der Waals surface area contributed by atoms with Crippen LogP contribution in [0, 0.1) is 0 Å². The molecule has 3 heteroatoms. The van der Waals surface area contributed by atoms with Gasteiger partial charge in [-0.3, -0.25) is 0 Å². The molecule has 0 radical (unpaired) electrons. The summed E-state index contributed by atoms with van der Waals surface area (Å²) in [5.41, 5.74) is 1.86. The number of nitrogens with zero attached hydrogens (tertiary/aromatic N) is 1. The molecule has 0 saturated carbocycles. The number of pyridine rings is 1. The fourth-order valence-electron chi connectivity index (χ4n) is 1.74. The first-order valence-electron chi connectivity index (χ1n) is 5.97. The van der Waals surface area contributed by atoms with Crippen molar-refractivity contribution in [3.63, 3.8) is 0 Å². The second-order valence-electron chi connectivity index (χ2n) is 3.95. The third kappa shape index (κ3) is 2.52. The van der Waals surface area contributed by atoms with Crippen molar-refractivity contribution in [2.24, 2.45) is 0 Å². The maximum Gasteiger partial charge on any atom is 0.145 e. The SMILES string of the molecule is CCCOc1cccc2c(Cl)cc(CC)nc12. The second kappa shape index (κ2) is 5.37. The molecule has 2 nitrogen and oxygen atoms in total. The van der Waals surface area contributed by atoms with E-state index < -0.39 is 0 Å². The monoisotopic (exact) mass is 249 g/mol. The minimum atomic E-state index is 0.703. The predicted octanol–water partition coefficient (Wildman–Crippen LogP) is 4.24. The van der Waals surface area contributed by atoms with Crippen LogP contribution in [0.1, 0.15) is 26.0 Å². The van der Waals surface area contributed by atoms with E-state index in [1.807, 2.05) is 24.3 Å². The molecule has 0 N–H and O–H groups in total. The lowest BCUT2D eigenvalue weighted by atomic mass is 10.1. The molecule has 0 aliphatic heterocycles. The maximum absolute atomic E-state index is 6.25. The second-order valence-corrected chi connectivity index (χ2v) is 4.36. The van der Waals surface area contributed by atoms with E-state index >= 15 is 0 Å². The normalized spacial score (nSPS) is 10.8. The van der Waals surface area contributed by atoms with E-state index in [1.54, 1.807) is 0 Å². The number of ether oxygens (including phenoxy) is 1. The van der Waals surface area contributed by atoms with Crippen LogP contribution in [0.4, 0.5) is 0 Å². The van der Waals surface area contributed by atoms with Crippen LogP contribution in [0.5, 0.6) is 5.75 Å². The van der Waals surface area contributed by atoms with E-state index in [0.717, 1.165) is 40.2 Å². The first-order valence-corrected chi connectivity index (χ1v) is 6.35. The summed E-state index contributed by atoms with van der Waals surface area (Å²) in [6.45, 7) is 4.86. The number of halogens is 1. The summed E-state index contributed by atoms with van der Waals surface area (Å²) in [6.07, 6.45) is 1.86. The standard InChI is InChI=1S/C14H16ClNO/c1-3-8-17-13-7-5-6-11-12(15)9-10(4-2)16-14(11)13/h5-7,9H,3-4,8H2,1-2H3. The number of hydrogen-bond acceptors (Lipinski definition) is 2. The molecular weight excluding hydrogens is 234 g/mol. The van der Waals surface area contributed by atoms with Crippen molar-refractivity contribution in [1.29, 1.82) is 0 Å². The molecule has 0 aliphatic carbocycles. The Labute approximate surface area is 107 Å². The van der Waals surface area contributed by atoms with Crippen molar-refractivity contribution >= 4 is 22.5 Å². The highest BCUT2D eigenvalue weighted by molar-refractivity contribution is 6.35. The Morgan fingerprint density at radius 1 is 1.29 bits per heavy atom. The van der Waals surface area contributed by atoms with Crippen LogP contribution in [0.25, 0.3) is 10.9 Å². The van der Waals surface area contributed by atoms with Gasteiger partial charge in [-0.25, -0.2) is 4.98 Å². The topological polar surface area (TPSA) is 22.1 Å². The molecule has 1 heterocycles. The zero-order chi connectivity index (χ0) is 12.3. The molecule has 0 atom stereocenters. The highest BCUT2D eigenvalue weighted by atomic mass is 35.5. The Hall–Kier alpha value is -1.28. The smallest absolute Gasteiger partial charge is 0.145 e. The lowest BCUT2D eigenvalue weighted by molar-refractivity contribution is 0.320. The van der Waals surface area contributed by atoms with E-state index in [0.29, 0.717) is 6.61 Å². The molecule has 0 aliphatic rings. The number of aryl methyl sites for hydroxylation is 1. The van der Waals surface area contributed by atoms with Gasteiger partial charge in [0.25, 0.3) is 0 Å². The summed E-state index contributed by atoms with van der Waals surface area (Å²) in [5.74, 6) is 0.821. The summed E-state index contributed by atoms with van der Waals surface area (Å²) >= 11 is 6.25. The number of fused-ring (bicyclic) bond motifs is 1. The van der Waals surface area contributed by atoms with E-state index in [2.05, 4.69) is 18.8 Å². The van der Waals surface area contributed by atoms with Gasteiger partial charge in [0.15, 0.2) is 0 Å². The van der Waals surface area contributed by atoms with Gasteiger partial charge in [-0.1, -0.05) is 37.6 Å². The molecule has 2 rings (SSSR count). The number of rotatable bonds is 4. The maximum atomic E-state index is 6.25. The van der Waals surface area contributed by atoms with E-state index in [1.165, 1.54) is 0 Å². The lowest BCUT2D eigenvalue weighted by Crippen LogP contribution is -1.98. The van der Waals surface area contributed by atoms with Crippen LogP contribution in [0.2, 0.25) is 5.02 Å². The summed E-state index contributed by atoms with van der Waals surface area (Å²) in [4.78, 5) is 4.60. The average Bonchev–Trinajstić information content (AvgIpc) is 2.36. The quantitative estimate of drug-likeness (QED) is 0.809. The van der Waals surface area contributed by atoms with Crippen molar-refractivity contribution in [2.45, 2.75) is 26.7 Å². The number of para-hydroxylation sites is 1. The van der Waals surface area contributed by atoms with Crippen LogP contribution < -0.4 is 4.74 Å². The lowest BCUT2D eigenvalue weighted by Gasteiger charge is -2.09. The Morgan fingerprint density at radius 3 is 2.82 bits per heavy atom. The predicted molar refractivity (Wildman–Crippen MR) is 71.9 cm³/mol. The van der Waals surface area contributed by atoms with E-state index in [4.69, 9.17) is 16.3 Å². The van der Waals surface area contributed by atoms with Gasteiger partial charge in [-0.15, -0.1) is 0 Å². The van der Waals surface area contributed by atoms with Crippen molar-refractivity contribution in [1.82, 2.24) is 4.98 Å². The third-order valence-corrected chi connectivity index (χ3v) is 2.94. The van der Waals surface area contributed by atoms with E-state index in [9.17, 15) is 0 Å². The zero-order valence-corrected chi connectivity index (χ0v) is 10.9. The fourth-order valence-corrected chi connectivity index (χ4v) is 2.02. The number of hydrogen-bond donors (Lipinski definition) is 0. The zero-order valence-electron chi connectivity index (χ0n) is 10.2. The molecule has 0 spiro atoms. The van der Waals surface area contributed by atoms with Crippen molar-refractivity contribution in [3.05, 3.63) is 35.0 Å². The Morgan fingerprint density at radius 2 is 2.12 bits per heavy atom. The highest BCUT2D eigenvalue weighted by Gasteiger charge is 2.08. The average molecular weight is 250 g/mol. The van der Waals surface area contributed by atoms with Gasteiger partial charge >= 0.3 is 0 Å². The highest BCUT2D eigenvalue weighted by Crippen LogP contribution is 2.30. The Bertz CT molecular complexity index is 525. The molecule has 2 aromatic rings. The summed E-state index contributed by atoms with van der Waals surface area (Å²) in [6, 6.07) is 7.80. The van der Waals surface area contributed by atoms with Crippen molar-refractivity contribution in [2.75, 3.05) is 6.61 Å². The third-order valence-electron chi connectivity index (χ3n) is 2.63. The van der Waals surface area contributed by atoms with Gasteiger partial charge in [0.05, 0.1) is 11.6 Å². The van der Waals surface area contributed by atoms with Gasteiger partial charge in [0.2, 0.25) is 0 Å². The van der Waals surface area contributed by atoms with Gasteiger partial charge in [-0.2, -0.15) is 0 Å². The summed E-state index contributed by atoms with van der Waals surface area (Å²) in [7, 11) is 0. The molecule has 0 bridgehead atoms. The first-order chi connectivity index (χ1) is 8.26. The van der Waals surface area contributed by atoms with E-state index in [-0.39, 0.29) is 0 Å². The van der Waals surface area contributed by atoms with Gasteiger partial charge in [-0.05, 0) is 25.0 Å². The van der Waals surface area contributed by atoms with Crippen LogP contribution >= 0.6 is 11.6 Å². The number of aromatic nitrogens is 1. The number of benzene rings is 1. The minimum absolute atomic E-state index is 0.703. The van der Waals surface area contributed by atoms with Gasteiger partial charge in [0, 0.05) is 11.1 Å². The van der Waals surface area contributed by atoms with Crippen LogP contribution in [0.15, 0.2) is 24.3 Å². The first kappa shape index (κ1) is 12.2. The molecule has 0 amide bonds. The van der Waals surface area contributed by atoms with Crippen LogP contribution in [-0.2, 0) is 6.42 Å². The molecular formula is C14H16ClNO. The molecule has 1 aromatic carbocycles. The largest absolute Gasteiger partial charge is 0.491 e. The summed E-state index contributed by atoms with van der Waals surface area (Å²) < 4.78 is 5.70. The minimum Gasteiger partial charge on any atom is -0.491 e. The Balaban J connectivity index is 2.56. The fraction of sp³-hybridized carbons (Fsp3) is 0.357. The molecule has 0 fully saturated rings. The van der Waals surface area contributed by atoms with Gasteiger partial charge in [0.1, 0.15) is 11.3 Å². The molecule has 0 unspecified atom stereocenters. The van der Waals surface area contributed by atoms with Crippen LogP contribution in [-0.4, -0.2) is 11.6 Å². The molecule has 90 valence electrons. The molecule has 0 saturated heterocycles. The van der Waals surface area contributed by atoms with Gasteiger partial charge < -0.3 is 4.74 Å². The Kier molecular flexibility index (Phi) is 3.85.